The SMILES string of the molecule is CC(C)CN(C(=O)c1ccc(F)cc1C#CCO)C1CC1. The molecular formula is C17H20FNO2. The minimum absolute atomic E-state index is 0.103. The van der Waals surface area contributed by atoms with Crippen LogP contribution in [0, 0.1) is 23.6 Å². The second kappa shape index (κ2) is 6.73. The van der Waals surface area contributed by atoms with Gasteiger partial charge in [0.15, 0.2) is 0 Å². The monoisotopic (exact) mass is 289 g/mol. The summed E-state index contributed by atoms with van der Waals surface area (Å²) in [6.45, 7) is 4.51. The molecule has 1 amide bonds. The first kappa shape index (κ1) is 15.5. The Bertz CT molecular complexity index is 582. The van der Waals surface area contributed by atoms with E-state index in [0.29, 0.717) is 29.6 Å². The van der Waals surface area contributed by atoms with Crippen LogP contribution in [0.25, 0.3) is 0 Å². The Labute approximate surface area is 124 Å². The van der Waals surface area contributed by atoms with Gasteiger partial charge in [0.2, 0.25) is 0 Å². The van der Waals surface area contributed by atoms with Gasteiger partial charge >= 0.3 is 0 Å². The topological polar surface area (TPSA) is 40.5 Å². The highest BCUT2D eigenvalue weighted by Crippen LogP contribution is 2.29. The Morgan fingerprint density at radius 2 is 2.19 bits per heavy atom. The molecule has 0 radical (unpaired) electrons. The summed E-state index contributed by atoms with van der Waals surface area (Å²) in [6, 6.07) is 4.30. The molecule has 1 aliphatic rings. The van der Waals surface area contributed by atoms with E-state index in [1.807, 2.05) is 4.90 Å². The molecule has 0 aliphatic heterocycles. The van der Waals surface area contributed by atoms with Gasteiger partial charge in [0.05, 0.1) is 5.56 Å². The molecule has 0 unspecified atom stereocenters. The van der Waals surface area contributed by atoms with Gasteiger partial charge in [0.1, 0.15) is 12.4 Å². The van der Waals surface area contributed by atoms with Crippen LogP contribution in [0.3, 0.4) is 0 Å². The molecule has 0 saturated heterocycles. The molecule has 0 atom stereocenters. The van der Waals surface area contributed by atoms with Crippen LogP contribution in [-0.4, -0.2) is 35.1 Å². The molecule has 1 N–H and O–H groups in total. The number of carbonyl (C=O) groups is 1. The fraction of sp³-hybridized carbons (Fsp3) is 0.471. The molecule has 0 bridgehead atoms. The minimum Gasteiger partial charge on any atom is -0.384 e. The quantitative estimate of drug-likeness (QED) is 0.865. The summed E-state index contributed by atoms with van der Waals surface area (Å²) < 4.78 is 13.4. The smallest absolute Gasteiger partial charge is 0.255 e. The zero-order valence-electron chi connectivity index (χ0n) is 12.4. The number of rotatable bonds is 4. The standard InChI is InChI=1S/C17H20FNO2/c1-12(2)11-19(15-6-7-15)17(21)16-8-5-14(18)10-13(16)4-3-9-20/h5,8,10,12,15,20H,6-7,9,11H2,1-2H3. The summed E-state index contributed by atoms with van der Waals surface area (Å²) in [5.41, 5.74) is 0.744. The van der Waals surface area contributed by atoms with E-state index in [9.17, 15) is 9.18 Å². The first-order valence-electron chi connectivity index (χ1n) is 7.23. The maximum Gasteiger partial charge on any atom is 0.255 e. The number of carbonyl (C=O) groups excluding carboxylic acids is 1. The number of nitrogens with zero attached hydrogens (tertiary/aromatic N) is 1. The average Bonchev–Trinajstić information content (AvgIpc) is 3.26. The first-order chi connectivity index (χ1) is 10.0. The molecule has 1 aromatic rings. The molecule has 1 aromatic carbocycles. The third kappa shape index (κ3) is 4.05. The number of hydrogen-bond donors (Lipinski definition) is 1. The van der Waals surface area contributed by atoms with Crippen molar-refractivity contribution in [1.29, 1.82) is 0 Å². The van der Waals surface area contributed by atoms with E-state index in [-0.39, 0.29) is 12.5 Å². The Hall–Kier alpha value is -1.86. The lowest BCUT2D eigenvalue weighted by atomic mass is 10.1. The minimum atomic E-state index is -0.435. The van der Waals surface area contributed by atoms with E-state index in [0.717, 1.165) is 12.8 Å². The highest BCUT2D eigenvalue weighted by molar-refractivity contribution is 5.97. The Morgan fingerprint density at radius 1 is 1.48 bits per heavy atom. The molecule has 112 valence electrons. The fourth-order valence-electron chi connectivity index (χ4n) is 2.27. The van der Waals surface area contributed by atoms with Gasteiger partial charge in [-0.25, -0.2) is 4.39 Å². The summed E-state index contributed by atoms with van der Waals surface area (Å²) in [7, 11) is 0. The van der Waals surface area contributed by atoms with Gasteiger partial charge in [-0.1, -0.05) is 25.7 Å². The summed E-state index contributed by atoms with van der Waals surface area (Å²) in [6.07, 6.45) is 2.05. The highest BCUT2D eigenvalue weighted by atomic mass is 19.1. The fourth-order valence-corrected chi connectivity index (χ4v) is 2.27. The lowest BCUT2D eigenvalue weighted by Crippen LogP contribution is -2.36. The summed E-state index contributed by atoms with van der Waals surface area (Å²) in [5, 5.41) is 8.79. The average molecular weight is 289 g/mol. The van der Waals surface area contributed by atoms with Crippen molar-refractivity contribution in [3.05, 3.63) is 35.1 Å². The van der Waals surface area contributed by atoms with Crippen molar-refractivity contribution in [3.8, 4) is 11.8 Å². The van der Waals surface area contributed by atoms with Gasteiger partial charge < -0.3 is 10.0 Å². The number of hydrogen-bond acceptors (Lipinski definition) is 2. The number of aliphatic hydroxyl groups is 1. The van der Waals surface area contributed by atoms with Gasteiger partial charge in [-0.15, -0.1) is 0 Å². The lowest BCUT2D eigenvalue weighted by Gasteiger charge is -2.25. The van der Waals surface area contributed by atoms with E-state index < -0.39 is 5.82 Å². The van der Waals surface area contributed by atoms with E-state index in [1.165, 1.54) is 18.2 Å². The van der Waals surface area contributed by atoms with Crippen LogP contribution in [0.1, 0.15) is 42.6 Å². The van der Waals surface area contributed by atoms with Crippen LogP contribution < -0.4 is 0 Å². The van der Waals surface area contributed by atoms with Crippen LogP contribution in [0.5, 0.6) is 0 Å². The molecule has 1 fully saturated rings. The summed E-state index contributed by atoms with van der Waals surface area (Å²) >= 11 is 0. The lowest BCUT2D eigenvalue weighted by molar-refractivity contribution is 0.0722. The van der Waals surface area contributed by atoms with Crippen molar-refractivity contribution in [1.82, 2.24) is 4.90 Å². The molecular weight excluding hydrogens is 269 g/mol. The molecule has 1 aliphatic carbocycles. The third-order valence-corrected chi connectivity index (χ3v) is 3.32. The van der Waals surface area contributed by atoms with Crippen LogP contribution in [0.4, 0.5) is 4.39 Å². The Kier molecular flexibility index (Phi) is 4.98. The second-order valence-corrected chi connectivity index (χ2v) is 5.73. The number of amides is 1. The van der Waals surface area contributed by atoms with Gasteiger partial charge in [0, 0.05) is 18.2 Å². The van der Waals surface area contributed by atoms with Crippen LogP contribution in [0.15, 0.2) is 18.2 Å². The molecule has 2 rings (SSSR count). The molecule has 4 heteroatoms. The van der Waals surface area contributed by atoms with Gasteiger partial charge in [-0.05, 0) is 37.0 Å². The summed E-state index contributed by atoms with van der Waals surface area (Å²) in [4.78, 5) is 14.6. The highest BCUT2D eigenvalue weighted by Gasteiger charge is 2.33. The predicted molar refractivity (Wildman–Crippen MR) is 79.3 cm³/mol. The van der Waals surface area contributed by atoms with E-state index >= 15 is 0 Å². The van der Waals surface area contributed by atoms with Crippen molar-refractivity contribution in [2.24, 2.45) is 5.92 Å². The van der Waals surface area contributed by atoms with E-state index in [4.69, 9.17) is 5.11 Å². The van der Waals surface area contributed by atoms with Crippen LogP contribution >= 0.6 is 0 Å². The normalized spacial score (nSPS) is 13.8. The third-order valence-electron chi connectivity index (χ3n) is 3.32. The van der Waals surface area contributed by atoms with Crippen molar-refractivity contribution in [2.45, 2.75) is 32.7 Å². The van der Waals surface area contributed by atoms with Crippen LogP contribution in [-0.2, 0) is 0 Å². The predicted octanol–water partition coefficient (Wildman–Crippen LogP) is 2.43. The zero-order chi connectivity index (χ0) is 15.4. The van der Waals surface area contributed by atoms with Crippen molar-refractivity contribution < 1.29 is 14.3 Å². The molecule has 0 heterocycles. The first-order valence-corrected chi connectivity index (χ1v) is 7.23. The maximum atomic E-state index is 13.4. The van der Waals surface area contributed by atoms with Gasteiger partial charge in [0.25, 0.3) is 5.91 Å². The van der Waals surface area contributed by atoms with Crippen LogP contribution in [0.2, 0.25) is 0 Å². The number of aliphatic hydroxyl groups excluding tert-OH is 1. The van der Waals surface area contributed by atoms with Crippen molar-refractivity contribution in [2.75, 3.05) is 13.2 Å². The molecule has 1 saturated carbocycles. The largest absolute Gasteiger partial charge is 0.384 e. The number of halogens is 1. The Morgan fingerprint density at radius 3 is 2.76 bits per heavy atom. The second-order valence-electron chi connectivity index (χ2n) is 5.73. The summed E-state index contributed by atoms with van der Waals surface area (Å²) in [5.74, 6) is 4.98. The number of benzene rings is 1. The molecule has 3 nitrogen and oxygen atoms in total. The van der Waals surface area contributed by atoms with Crippen molar-refractivity contribution in [3.63, 3.8) is 0 Å². The maximum absolute atomic E-state index is 13.4. The van der Waals surface area contributed by atoms with E-state index in [2.05, 4.69) is 25.7 Å². The van der Waals surface area contributed by atoms with E-state index in [1.54, 1.807) is 0 Å². The Balaban J connectivity index is 2.32. The van der Waals surface area contributed by atoms with Gasteiger partial charge in [-0.3, -0.25) is 4.79 Å². The molecule has 21 heavy (non-hydrogen) atoms. The van der Waals surface area contributed by atoms with Crippen molar-refractivity contribution >= 4 is 5.91 Å². The van der Waals surface area contributed by atoms with Gasteiger partial charge in [-0.2, -0.15) is 0 Å². The molecule has 0 spiro atoms. The zero-order valence-corrected chi connectivity index (χ0v) is 12.4. The molecule has 0 aromatic heterocycles.